The lowest BCUT2D eigenvalue weighted by Crippen LogP contribution is -2.66. The maximum Gasteiger partial charge on any atom is 0.0824 e. The molecule has 150 valence electrons. The highest BCUT2D eigenvalue weighted by atomic mass is 79.9. The van der Waals surface area contributed by atoms with Crippen molar-refractivity contribution in [2.75, 3.05) is 0 Å². The number of nitrogens with zero attached hydrogens (tertiary/aromatic N) is 3. The van der Waals surface area contributed by atoms with Crippen molar-refractivity contribution in [3.8, 4) is 0 Å². The van der Waals surface area contributed by atoms with Gasteiger partial charge in [-0.2, -0.15) is 0 Å². The summed E-state index contributed by atoms with van der Waals surface area (Å²) in [5.41, 5.74) is 2.43. The van der Waals surface area contributed by atoms with E-state index in [1.807, 2.05) is 4.68 Å². The summed E-state index contributed by atoms with van der Waals surface area (Å²) < 4.78 is 3.59. The summed E-state index contributed by atoms with van der Waals surface area (Å²) >= 11 is 3.50. The molecule has 0 amide bonds. The molecule has 2 aromatic rings. The highest BCUT2D eigenvalue weighted by Gasteiger charge is 2.59. The number of halogens is 1. The van der Waals surface area contributed by atoms with Crippen molar-refractivity contribution < 1.29 is 0 Å². The van der Waals surface area contributed by atoms with E-state index in [-0.39, 0.29) is 0 Å². The molecular weight excluding hydrogens is 446 g/mol. The van der Waals surface area contributed by atoms with Gasteiger partial charge in [0.1, 0.15) is 0 Å². The molecule has 0 unspecified atom stereocenters. The van der Waals surface area contributed by atoms with Gasteiger partial charge in [0.25, 0.3) is 0 Å². The van der Waals surface area contributed by atoms with E-state index in [1.54, 1.807) is 0 Å². The fourth-order valence-electron chi connectivity index (χ4n) is 5.72. The first kappa shape index (κ1) is 22.8. The second-order valence-electron chi connectivity index (χ2n) is 10.9. The Hall–Kier alpha value is -0.509. The SMILES string of the molecule is C[Si](C)(C)C(Cc1cn(Cc2ccc(Br)cc2)nn1)([Si](C)(C)C)[Si](C)(C)C. The maximum atomic E-state index is 4.63. The van der Waals surface area contributed by atoms with Gasteiger partial charge >= 0.3 is 0 Å². The van der Waals surface area contributed by atoms with Gasteiger partial charge in [0, 0.05) is 34.9 Å². The minimum atomic E-state index is -1.42. The molecule has 0 spiro atoms. The molecule has 0 N–H and O–H groups in total. The van der Waals surface area contributed by atoms with Gasteiger partial charge in [-0.15, -0.1) is 5.10 Å². The van der Waals surface area contributed by atoms with Crippen LogP contribution < -0.4 is 0 Å². The molecule has 0 bridgehead atoms. The molecule has 3 nitrogen and oxygen atoms in total. The molecule has 1 aromatic carbocycles. The molecule has 0 radical (unpaired) electrons. The third-order valence-electron chi connectivity index (χ3n) is 6.13. The Kier molecular flexibility index (Phi) is 6.52. The monoisotopic (exact) mass is 481 g/mol. The quantitative estimate of drug-likeness (QED) is 0.424. The lowest BCUT2D eigenvalue weighted by molar-refractivity contribution is 0.649. The van der Waals surface area contributed by atoms with Crippen LogP contribution >= 0.6 is 15.9 Å². The number of hydrogen-bond donors (Lipinski definition) is 0. The Morgan fingerprint density at radius 2 is 1.33 bits per heavy atom. The molecule has 1 heterocycles. The Bertz CT molecular complexity index is 729. The minimum Gasteiger partial charge on any atom is -0.248 e. The van der Waals surface area contributed by atoms with Crippen LogP contribution in [0.4, 0.5) is 0 Å². The summed E-state index contributed by atoms with van der Waals surface area (Å²) in [5, 5.41) is 9.09. The molecule has 0 fully saturated rings. The zero-order chi connectivity index (χ0) is 20.7. The second kappa shape index (κ2) is 7.72. The predicted octanol–water partition coefficient (Wildman–Crippen LogP) is 6.46. The fourth-order valence-corrected chi connectivity index (χ4v) is 35.1. The van der Waals surface area contributed by atoms with Gasteiger partial charge in [-0.1, -0.05) is 92.2 Å². The van der Waals surface area contributed by atoms with E-state index in [1.165, 1.54) is 11.3 Å². The van der Waals surface area contributed by atoms with Crippen LogP contribution in [0.25, 0.3) is 0 Å². The number of aromatic nitrogens is 3. The average molecular weight is 483 g/mol. The second-order valence-corrected chi connectivity index (χ2v) is 29.3. The Labute approximate surface area is 177 Å². The van der Waals surface area contributed by atoms with Gasteiger partial charge in [-0.05, 0) is 28.4 Å². The van der Waals surface area contributed by atoms with Crippen LogP contribution in [0, 0.1) is 0 Å². The maximum absolute atomic E-state index is 4.63. The lowest BCUT2D eigenvalue weighted by Gasteiger charge is -2.59. The van der Waals surface area contributed by atoms with Gasteiger partial charge in [-0.25, -0.2) is 4.68 Å². The van der Waals surface area contributed by atoms with E-state index >= 15 is 0 Å². The molecule has 0 saturated carbocycles. The lowest BCUT2D eigenvalue weighted by atomic mass is 10.2. The molecule has 27 heavy (non-hydrogen) atoms. The third kappa shape index (κ3) is 4.74. The van der Waals surface area contributed by atoms with Crippen LogP contribution in [0.3, 0.4) is 0 Å². The van der Waals surface area contributed by atoms with Gasteiger partial charge in [0.2, 0.25) is 0 Å². The van der Waals surface area contributed by atoms with Crippen LogP contribution in [0.15, 0.2) is 34.9 Å². The normalized spacial score (nSPS) is 13.9. The number of benzene rings is 1. The molecule has 0 aliphatic heterocycles. The first-order valence-electron chi connectivity index (χ1n) is 9.81. The van der Waals surface area contributed by atoms with Gasteiger partial charge < -0.3 is 0 Å². The highest BCUT2D eigenvalue weighted by molar-refractivity contribution is 9.10. The van der Waals surface area contributed by atoms with Crippen molar-refractivity contribution in [2.45, 2.75) is 76.2 Å². The highest BCUT2D eigenvalue weighted by Crippen LogP contribution is 2.55. The Morgan fingerprint density at radius 3 is 1.78 bits per heavy atom. The van der Waals surface area contributed by atoms with Crippen molar-refractivity contribution in [2.24, 2.45) is 0 Å². The molecule has 2 rings (SSSR count). The molecule has 7 heteroatoms. The van der Waals surface area contributed by atoms with Crippen molar-refractivity contribution in [1.29, 1.82) is 0 Å². The third-order valence-corrected chi connectivity index (χ3v) is 28.4. The number of hydrogen-bond acceptors (Lipinski definition) is 2. The summed E-state index contributed by atoms with van der Waals surface area (Å²) in [5.74, 6) is 0. The molecule has 1 aromatic heterocycles. The summed E-state index contributed by atoms with van der Waals surface area (Å²) in [7, 11) is -4.26. The largest absolute Gasteiger partial charge is 0.248 e. The first-order chi connectivity index (χ1) is 12.2. The zero-order valence-corrected chi connectivity index (χ0v) is 23.1. The van der Waals surface area contributed by atoms with E-state index in [4.69, 9.17) is 0 Å². The molecule has 0 aliphatic carbocycles. The van der Waals surface area contributed by atoms with Crippen LogP contribution in [0.1, 0.15) is 11.3 Å². The van der Waals surface area contributed by atoms with Gasteiger partial charge in [0.15, 0.2) is 0 Å². The topological polar surface area (TPSA) is 30.7 Å². The zero-order valence-electron chi connectivity index (χ0n) is 18.5. The summed E-state index contributed by atoms with van der Waals surface area (Å²) in [6.07, 6.45) is 3.30. The van der Waals surface area contributed by atoms with Crippen molar-refractivity contribution in [1.82, 2.24) is 15.0 Å². The predicted molar refractivity (Wildman–Crippen MR) is 130 cm³/mol. The van der Waals surface area contributed by atoms with Crippen LogP contribution in [-0.4, -0.2) is 39.2 Å². The van der Waals surface area contributed by atoms with Crippen molar-refractivity contribution >= 4 is 40.2 Å². The van der Waals surface area contributed by atoms with E-state index < -0.39 is 24.2 Å². The van der Waals surface area contributed by atoms with E-state index in [9.17, 15) is 0 Å². The fraction of sp³-hybridized carbons (Fsp3) is 0.600. The van der Waals surface area contributed by atoms with E-state index in [0.717, 1.165) is 17.4 Å². The summed E-state index contributed by atoms with van der Waals surface area (Å²) in [6.45, 7) is 24.0. The van der Waals surface area contributed by atoms with Crippen LogP contribution in [-0.2, 0) is 13.0 Å². The molecule has 0 saturated heterocycles. The first-order valence-corrected chi connectivity index (χ1v) is 21.1. The van der Waals surface area contributed by atoms with Gasteiger partial charge in [0.05, 0.1) is 12.2 Å². The van der Waals surface area contributed by atoms with Crippen LogP contribution in [0.5, 0.6) is 0 Å². The Balaban J connectivity index is 2.37. The Morgan fingerprint density at radius 1 is 0.852 bits per heavy atom. The molecule has 0 atom stereocenters. The van der Waals surface area contributed by atoms with Crippen molar-refractivity contribution in [3.05, 3.63) is 46.2 Å². The van der Waals surface area contributed by atoms with E-state index in [0.29, 0.717) is 4.28 Å². The number of rotatable bonds is 7. The molecular formula is C20H36BrN3Si3. The standard InChI is InChI=1S/C20H36BrN3Si3/c1-25(2,3)20(26(4,5)6,27(7,8)9)14-19-16-24(23-22-19)15-17-10-12-18(21)13-11-17/h10-13,16H,14-15H2,1-9H3. The summed E-state index contributed by atoms with van der Waals surface area (Å²) in [4.78, 5) is 0. The van der Waals surface area contributed by atoms with Crippen LogP contribution in [0.2, 0.25) is 63.2 Å². The smallest absolute Gasteiger partial charge is 0.0824 e. The average Bonchev–Trinajstić information content (AvgIpc) is 2.90. The van der Waals surface area contributed by atoms with Crippen molar-refractivity contribution in [3.63, 3.8) is 0 Å². The molecule has 0 aliphatic rings. The van der Waals surface area contributed by atoms with E-state index in [2.05, 4.69) is 116 Å². The minimum absolute atomic E-state index is 0.478. The summed E-state index contributed by atoms with van der Waals surface area (Å²) in [6, 6.07) is 8.45. The van der Waals surface area contributed by atoms with Gasteiger partial charge in [-0.3, -0.25) is 0 Å².